The monoisotopic (exact) mass is 481 g/mol. The van der Waals surface area contributed by atoms with Gasteiger partial charge in [-0.1, -0.05) is 59.3 Å². The Balaban J connectivity index is 1.60. The fourth-order valence-corrected chi connectivity index (χ4v) is 4.83. The van der Waals surface area contributed by atoms with Crippen LogP contribution in [0.3, 0.4) is 0 Å². The van der Waals surface area contributed by atoms with E-state index in [2.05, 4.69) is 35.0 Å². The van der Waals surface area contributed by atoms with Gasteiger partial charge in [-0.3, -0.25) is 4.79 Å². The maximum atomic E-state index is 13.2. The van der Waals surface area contributed by atoms with E-state index in [9.17, 15) is 14.3 Å². The maximum absolute atomic E-state index is 13.2. The number of carbonyl (C=O) groups excluding carboxylic acids is 1. The van der Waals surface area contributed by atoms with Crippen LogP contribution in [0.15, 0.2) is 77.3 Å². The zero-order valence-corrected chi connectivity index (χ0v) is 18.9. The van der Waals surface area contributed by atoms with E-state index in [4.69, 9.17) is 0 Å². The number of para-hydroxylation sites is 1. The molecule has 31 heavy (non-hydrogen) atoms. The summed E-state index contributed by atoms with van der Waals surface area (Å²) in [7, 11) is 0. The Kier molecular flexibility index (Phi) is 6.54. The van der Waals surface area contributed by atoms with E-state index in [1.165, 1.54) is 17.7 Å². The first kappa shape index (κ1) is 21.7. The van der Waals surface area contributed by atoms with Crippen molar-refractivity contribution in [1.29, 1.82) is 0 Å². The summed E-state index contributed by atoms with van der Waals surface area (Å²) >= 11 is 3.55. The number of carbonyl (C=O) groups is 1. The molecular weight excluding hydrogens is 457 g/mol. The average Bonchev–Trinajstić information content (AvgIpc) is 2.78. The lowest BCUT2D eigenvalue weighted by molar-refractivity contribution is -0.131. The molecule has 3 nitrogen and oxygen atoms in total. The molecule has 1 aliphatic rings. The van der Waals surface area contributed by atoms with Crippen LogP contribution in [0.25, 0.3) is 0 Å². The molecule has 3 atom stereocenters. The number of amides is 1. The second-order valence-corrected chi connectivity index (χ2v) is 8.85. The van der Waals surface area contributed by atoms with Gasteiger partial charge >= 0.3 is 0 Å². The van der Waals surface area contributed by atoms with Crippen LogP contribution >= 0.6 is 15.9 Å². The second kappa shape index (κ2) is 9.33. The first-order valence-electron chi connectivity index (χ1n) is 10.6. The summed E-state index contributed by atoms with van der Waals surface area (Å²) in [6.45, 7) is 2.12. The summed E-state index contributed by atoms with van der Waals surface area (Å²) in [5, 5.41) is 10.6. The summed E-state index contributed by atoms with van der Waals surface area (Å²) in [6.07, 6.45) is 1.15. The molecule has 1 aliphatic heterocycles. The van der Waals surface area contributed by atoms with Crippen molar-refractivity contribution >= 4 is 27.5 Å². The molecule has 1 saturated heterocycles. The average molecular weight is 482 g/mol. The van der Waals surface area contributed by atoms with Crippen molar-refractivity contribution in [3.05, 3.63) is 99.8 Å². The van der Waals surface area contributed by atoms with Crippen molar-refractivity contribution in [3.63, 3.8) is 0 Å². The number of anilines is 1. The van der Waals surface area contributed by atoms with Crippen LogP contribution in [0.5, 0.6) is 0 Å². The molecule has 3 aromatic rings. The third kappa shape index (κ3) is 4.43. The van der Waals surface area contributed by atoms with Gasteiger partial charge in [-0.25, -0.2) is 4.39 Å². The van der Waals surface area contributed by atoms with Crippen molar-refractivity contribution in [3.8, 4) is 0 Å². The molecule has 0 aliphatic carbocycles. The van der Waals surface area contributed by atoms with Gasteiger partial charge in [0.15, 0.2) is 0 Å². The Labute approximate surface area is 190 Å². The first-order chi connectivity index (χ1) is 15.0. The van der Waals surface area contributed by atoms with Crippen LogP contribution in [-0.4, -0.2) is 11.0 Å². The van der Waals surface area contributed by atoms with Crippen molar-refractivity contribution in [2.75, 3.05) is 4.90 Å². The zero-order valence-electron chi connectivity index (χ0n) is 17.3. The van der Waals surface area contributed by atoms with Gasteiger partial charge in [0.25, 0.3) is 0 Å². The number of aryl methyl sites for hydroxylation is 1. The minimum Gasteiger partial charge on any atom is -0.388 e. The van der Waals surface area contributed by atoms with E-state index in [1.54, 1.807) is 12.1 Å². The standard InChI is InChI=1S/C26H25BrFNO2/c1-2-17-16-19(27)10-13-22(17)25-23(26(31)29(25)21-6-4-3-5-7-21)14-15-24(30)18-8-11-20(28)12-9-18/h3-13,16,23-25,30H,2,14-15H2,1H3/t23?,24?,25-/m1/s1. The van der Waals surface area contributed by atoms with E-state index < -0.39 is 6.10 Å². The van der Waals surface area contributed by atoms with Crippen molar-refractivity contribution in [2.45, 2.75) is 38.3 Å². The molecule has 0 bridgehead atoms. The molecule has 5 heteroatoms. The lowest BCUT2D eigenvalue weighted by atomic mass is 9.76. The Morgan fingerprint density at radius 2 is 1.77 bits per heavy atom. The number of benzene rings is 3. The molecule has 4 rings (SSSR count). The van der Waals surface area contributed by atoms with Crippen molar-refractivity contribution in [2.24, 2.45) is 5.92 Å². The molecule has 0 radical (unpaired) electrons. The highest BCUT2D eigenvalue weighted by atomic mass is 79.9. The van der Waals surface area contributed by atoms with Gasteiger partial charge in [0, 0.05) is 10.2 Å². The molecule has 160 valence electrons. The van der Waals surface area contributed by atoms with E-state index in [0.717, 1.165) is 22.1 Å². The lowest BCUT2D eigenvalue weighted by Gasteiger charge is -2.48. The number of rotatable bonds is 7. The van der Waals surface area contributed by atoms with Gasteiger partial charge < -0.3 is 10.0 Å². The minimum absolute atomic E-state index is 0.0710. The SMILES string of the molecule is CCc1cc(Br)ccc1[C@@H]1C(CCC(O)c2ccc(F)cc2)C(=O)N1c1ccccc1. The van der Waals surface area contributed by atoms with Gasteiger partial charge in [0.2, 0.25) is 5.91 Å². The van der Waals surface area contributed by atoms with Gasteiger partial charge in [0.05, 0.1) is 18.1 Å². The van der Waals surface area contributed by atoms with Gasteiger partial charge in [-0.05, 0) is 72.4 Å². The molecule has 0 saturated carbocycles. The van der Waals surface area contributed by atoms with Crippen molar-refractivity contribution < 1.29 is 14.3 Å². The topological polar surface area (TPSA) is 40.5 Å². The third-order valence-electron chi connectivity index (χ3n) is 6.06. The minimum atomic E-state index is -0.726. The van der Waals surface area contributed by atoms with Gasteiger partial charge in [0.1, 0.15) is 5.82 Å². The molecule has 1 amide bonds. The number of halogens is 2. The maximum Gasteiger partial charge on any atom is 0.233 e. The Bertz CT molecular complexity index is 1050. The number of hydrogen-bond acceptors (Lipinski definition) is 2. The highest BCUT2D eigenvalue weighted by Crippen LogP contribution is 2.47. The summed E-state index contributed by atoms with van der Waals surface area (Å²) in [5.74, 6) is -0.458. The predicted molar refractivity (Wildman–Crippen MR) is 124 cm³/mol. The van der Waals surface area contributed by atoms with Crippen molar-refractivity contribution in [1.82, 2.24) is 0 Å². The quantitative estimate of drug-likeness (QED) is 0.398. The van der Waals surface area contributed by atoms with Crippen LogP contribution < -0.4 is 4.90 Å². The fourth-order valence-electron chi connectivity index (χ4n) is 4.42. The number of nitrogens with zero attached hydrogens (tertiary/aromatic N) is 1. The molecule has 1 N–H and O–H groups in total. The summed E-state index contributed by atoms with van der Waals surface area (Å²) in [6, 6.07) is 21.8. The fraction of sp³-hybridized carbons (Fsp3) is 0.269. The van der Waals surface area contributed by atoms with E-state index in [-0.39, 0.29) is 23.7 Å². The highest BCUT2D eigenvalue weighted by molar-refractivity contribution is 9.10. The third-order valence-corrected chi connectivity index (χ3v) is 6.55. The molecule has 0 spiro atoms. The summed E-state index contributed by atoms with van der Waals surface area (Å²) in [4.78, 5) is 15.1. The number of β-lactam (4-membered cyclic amide) rings is 1. The van der Waals surface area contributed by atoms with Crippen LogP contribution in [0, 0.1) is 11.7 Å². The van der Waals surface area contributed by atoms with Gasteiger partial charge in [-0.2, -0.15) is 0 Å². The second-order valence-electron chi connectivity index (χ2n) is 7.94. The zero-order chi connectivity index (χ0) is 22.0. The smallest absolute Gasteiger partial charge is 0.233 e. The Morgan fingerprint density at radius 3 is 2.45 bits per heavy atom. The Hall–Kier alpha value is -2.50. The summed E-state index contributed by atoms with van der Waals surface area (Å²) in [5.41, 5.74) is 3.91. The number of aliphatic hydroxyl groups excluding tert-OH is 1. The van der Waals surface area contributed by atoms with Crippen LogP contribution in [0.4, 0.5) is 10.1 Å². The van der Waals surface area contributed by atoms with Crippen LogP contribution in [0.1, 0.15) is 48.6 Å². The molecule has 1 heterocycles. The van der Waals surface area contributed by atoms with E-state index >= 15 is 0 Å². The Morgan fingerprint density at radius 1 is 1.06 bits per heavy atom. The molecular formula is C26H25BrFNO2. The normalized spacial score (nSPS) is 19.2. The van der Waals surface area contributed by atoms with Gasteiger partial charge in [-0.15, -0.1) is 0 Å². The molecule has 3 aromatic carbocycles. The van der Waals surface area contributed by atoms with Crippen LogP contribution in [0.2, 0.25) is 0 Å². The molecule has 1 fully saturated rings. The largest absolute Gasteiger partial charge is 0.388 e. The first-order valence-corrected chi connectivity index (χ1v) is 11.4. The number of hydrogen-bond donors (Lipinski definition) is 1. The summed E-state index contributed by atoms with van der Waals surface area (Å²) < 4.78 is 14.2. The molecule has 2 unspecified atom stereocenters. The van der Waals surface area contributed by atoms with Crippen LogP contribution in [-0.2, 0) is 11.2 Å². The highest BCUT2D eigenvalue weighted by Gasteiger charge is 2.49. The predicted octanol–water partition coefficient (Wildman–Crippen LogP) is 6.37. The molecule has 0 aromatic heterocycles. The number of aliphatic hydroxyl groups is 1. The van der Waals surface area contributed by atoms with E-state index in [1.807, 2.05) is 41.3 Å². The lowest BCUT2D eigenvalue weighted by Crippen LogP contribution is -2.55. The van der Waals surface area contributed by atoms with E-state index in [0.29, 0.717) is 18.4 Å².